The Morgan fingerprint density at radius 2 is 2.00 bits per heavy atom. The standard InChI is InChI=1S/C16H17FN2O5S2/c17-10-4-1-2-5-11(10)19-12-8-26(23,24)9-13(12)25-16(19)18-14(20)6-3-7-15(21)22/h1-2,4-5,12-13H,3,6-9H2,(H,21,22)/p-1/t12-,13-/m1/s1. The van der Waals surface area contributed by atoms with E-state index in [4.69, 9.17) is 0 Å². The first kappa shape index (κ1) is 18.8. The molecule has 1 aromatic rings. The fourth-order valence-electron chi connectivity index (χ4n) is 3.04. The van der Waals surface area contributed by atoms with Crippen molar-refractivity contribution < 1.29 is 27.5 Å². The highest BCUT2D eigenvalue weighted by Crippen LogP contribution is 2.41. The number of para-hydroxylation sites is 1. The quantitative estimate of drug-likeness (QED) is 0.703. The summed E-state index contributed by atoms with van der Waals surface area (Å²) in [6.45, 7) is 0. The second kappa shape index (κ2) is 7.36. The number of aliphatic carboxylic acids is 1. The van der Waals surface area contributed by atoms with Crippen molar-refractivity contribution in [1.82, 2.24) is 0 Å². The molecule has 3 rings (SSSR count). The average Bonchev–Trinajstić information content (AvgIpc) is 2.98. The molecule has 0 bridgehead atoms. The molecule has 0 radical (unpaired) electrons. The molecule has 0 aliphatic carbocycles. The maximum absolute atomic E-state index is 14.3. The zero-order valence-electron chi connectivity index (χ0n) is 13.6. The molecular weight excluding hydrogens is 383 g/mol. The van der Waals surface area contributed by atoms with Crippen LogP contribution in [0.3, 0.4) is 0 Å². The summed E-state index contributed by atoms with van der Waals surface area (Å²) in [5.74, 6) is -2.48. The highest BCUT2D eigenvalue weighted by molar-refractivity contribution is 8.16. The number of anilines is 1. The fraction of sp³-hybridized carbons (Fsp3) is 0.438. The molecule has 0 unspecified atom stereocenters. The van der Waals surface area contributed by atoms with Gasteiger partial charge in [-0.1, -0.05) is 23.9 Å². The second-order valence-corrected chi connectivity index (χ2v) is 9.50. The van der Waals surface area contributed by atoms with Gasteiger partial charge in [0.25, 0.3) is 0 Å². The highest BCUT2D eigenvalue weighted by Gasteiger charge is 2.49. The first-order chi connectivity index (χ1) is 12.3. The molecule has 2 aliphatic rings. The van der Waals surface area contributed by atoms with Crippen LogP contribution >= 0.6 is 11.8 Å². The van der Waals surface area contributed by atoms with Crippen molar-refractivity contribution in [2.75, 3.05) is 16.4 Å². The molecule has 2 aliphatic heterocycles. The molecule has 2 saturated heterocycles. The Balaban J connectivity index is 1.87. The number of amidine groups is 1. The van der Waals surface area contributed by atoms with Gasteiger partial charge in [-0.3, -0.25) is 4.79 Å². The molecule has 2 fully saturated rings. The van der Waals surface area contributed by atoms with Crippen molar-refractivity contribution in [3.05, 3.63) is 30.1 Å². The van der Waals surface area contributed by atoms with Gasteiger partial charge in [0.15, 0.2) is 15.0 Å². The van der Waals surface area contributed by atoms with E-state index in [1.165, 1.54) is 23.1 Å². The molecule has 0 N–H and O–H groups in total. The normalized spacial score (nSPS) is 25.4. The van der Waals surface area contributed by atoms with Crippen molar-refractivity contribution >= 4 is 44.3 Å². The summed E-state index contributed by atoms with van der Waals surface area (Å²) >= 11 is 1.14. The van der Waals surface area contributed by atoms with Gasteiger partial charge in [-0.05, 0) is 25.0 Å². The predicted octanol–water partition coefficient (Wildman–Crippen LogP) is 0.347. The lowest BCUT2D eigenvalue weighted by Gasteiger charge is -2.24. The Bertz CT molecular complexity index is 871. The molecule has 2 heterocycles. The Hall–Kier alpha value is -1.94. The minimum atomic E-state index is -3.23. The van der Waals surface area contributed by atoms with Crippen LogP contribution in [-0.2, 0) is 19.4 Å². The number of halogens is 1. The van der Waals surface area contributed by atoms with Crippen molar-refractivity contribution in [2.24, 2.45) is 4.99 Å². The Labute approximate surface area is 154 Å². The van der Waals surface area contributed by atoms with Crippen LogP contribution in [0.5, 0.6) is 0 Å². The number of amides is 1. The lowest BCUT2D eigenvalue weighted by molar-refractivity contribution is -0.305. The van der Waals surface area contributed by atoms with Gasteiger partial charge in [0.05, 0.1) is 23.2 Å². The molecule has 7 nitrogen and oxygen atoms in total. The lowest BCUT2D eigenvalue weighted by atomic mass is 10.2. The number of fused-ring (bicyclic) bond motifs is 1. The number of carbonyl (C=O) groups is 2. The smallest absolute Gasteiger partial charge is 0.248 e. The number of carbonyl (C=O) groups excluding carboxylic acids is 2. The second-order valence-electron chi connectivity index (χ2n) is 6.14. The van der Waals surface area contributed by atoms with E-state index in [2.05, 4.69) is 4.99 Å². The van der Waals surface area contributed by atoms with Crippen molar-refractivity contribution in [2.45, 2.75) is 30.6 Å². The van der Waals surface area contributed by atoms with Crippen LogP contribution in [0.1, 0.15) is 19.3 Å². The summed E-state index contributed by atoms with van der Waals surface area (Å²) < 4.78 is 38.2. The summed E-state index contributed by atoms with van der Waals surface area (Å²) in [4.78, 5) is 27.9. The summed E-state index contributed by atoms with van der Waals surface area (Å²) in [6.07, 6.45) is -0.218. The summed E-state index contributed by atoms with van der Waals surface area (Å²) in [5.41, 5.74) is 0.172. The van der Waals surface area contributed by atoms with Crippen LogP contribution in [0, 0.1) is 5.82 Å². The first-order valence-corrected chi connectivity index (χ1v) is 10.7. The van der Waals surface area contributed by atoms with Gasteiger partial charge in [-0.2, -0.15) is 4.99 Å². The molecule has 0 saturated carbocycles. The van der Waals surface area contributed by atoms with Crippen molar-refractivity contribution in [1.29, 1.82) is 0 Å². The number of aliphatic imine (C=N–C) groups is 1. The van der Waals surface area contributed by atoms with Crippen molar-refractivity contribution in [3.8, 4) is 0 Å². The van der Waals surface area contributed by atoms with Gasteiger partial charge in [0, 0.05) is 17.6 Å². The zero-order chi connectivity index (χ0) is 18.9. The Morgan fingerprint density at radius 3 is 2.69 bits per heavy atom. The summed E-state index contributed by atoms with van der Waals surface area (Å²) in [6, 6.07) is 5.43. The fourth-order valence-corrected chi connectivity index (χ4v) is 6.96. The maximum atomic E-state index is 14.3. The van der Waals surface area contributed by atoms with Crippen LogP contribution in [0.2, 0.25) is 0 Å². The van der Waals surface area contributed by atoms with Crippen LogP contribution in [0.4, 0.5) is 10.1 Å². The molecule has 0 aromatic heterocycles. The van der Waals surface area contributed by atoms with E-state index in [0.29, 0.717) is 0 Å². The van der Waals surface area contributed by atoms with E-state index in [1.807, 2.05) is 0 Å². The molecule has 140 valence electrons. The van der Waals surface area contributed by atoms with Gasteiger partial charge in [-0.15, -0.1) is 0 Å². The van der Waals surface area contributed by atoms with Gasteiger partial charge in [0.1, 0.15) is 5.82 Å². The minimum Gasteiger partial charge on any atom is -0.550 e. The lowest BCUT2D eigenvalue weighted by Crippen LogP contribution is -2.38. The molecule has 26 heavy (non-hydrogen) atoms. The van der Waals surface area contributed by atoms with Gasteiger partial charge in [0.2, 0.25) is 5.91 Å². The molecule has 2 atom stereocenters. The molecular formula is C16H16FN2O5S2-. The van der Waals surface area contributed by atoms with Gasteiger partial charge < -0.3 is 14.8 Å². The number of sulfone groups is 1. The minimum absolute atomic E-state index is 0.0504. The Kier molecular flexibility index (Phi) is 5.33. The third-order valence-corrected chi connectivity index (χ3v) is 7.38. The number of carboxylic acids is 1. The number of thioether (sulfide) groups is 1. The molecule has 0 spiro atoms. The monoisotopic (exact) mass is 399 g/mol. The third kappa shape index (κ3) is 4.07. The molecule has 1 amide bonds. The SMILES string of the molecule is O=C([O-])CCCC(=O)N=C1S[C@@H]2CS(=O)(=O)C[C@H]2N1c1ccccc1F. The predicted molar refractivity (Wildman–Crippen MR) is 94.0 cm³/mol. The number of carboxylic acid groups (broad SMARTS) is 1. The third-order valence-electron chi connectivity index (χ3n) is 4.17. The summed E-state index contributed by atoms with van der Waals surface area (Å²) in [5, 5.41) is 10.3. The van der Waals surface area contributed by atoms with Crippen LogP contribution in [0.25, 0.3) is 0 Å². The topological polar surface area (TPSA) is 107 Å². The van der Waals surface area contributed by atoms with E-state index in [0.717, 1.165) is 11.8 Å². The van der Waals surface area contributed by atoms with E-state index in [-0.39, 0.29) is 46.9 Å². The van der Waals surface area contributed by atoms with Crippen molar-refractivity contribution in [3.63, 3.8) is 0 Å². The molecule has 10 heteroatoms. The Morgan fingerprint density at radius 1 is 1.27 bits per heavy atom. The van der Waals surface area contributed by atoms with Gasteiger partial charge in [-0.25, -0.2) is 12.8 Å². The largest absolute Gasteiger partial charge is 0.550 e. The van der Waals surface area contributed by atoms with E-state index in [9.17, 15) is 27.5 Å². The van der Waals surface area contributed by atoms with E-state index >= 15 is 0 Å². The van der Waals surface area contributed by atoms with Crippen LogP contribution in [-0.4, -0.2) is 48.3 Å². The van der Waals surface area contributed by atoms with E-state index < -0.39 is 33.6 Å². The van der Waals surface area contributed by atoms with Crippen LogP contribution in [0.15, 0.2) is 29.3 Å². The maximum Gasteiger partial charge on any atom is 0.248 e. The van der Waals surface area contributed by atoms with E-state index in [1.54, 1.807) is 6.07 Å². The first-order valence-electron chi connectivity index (χ1n) is 7.99. The zero-order valence-corrected chi connectivity index (χ0v) is 15.3. The highest BCUT2D eigenvalue weighted by atomic mass is 32.2. The molecule has 1 aromatic carbocycles. The number of nitrogens with zero attached hydrogens (tertiary/aromatic N) is 2. The van der Waals surface area contributed by atoms with Crippen LogP contribution < -0.4 is 10.0 Å². The summed E-state index contributed by atoms with van der Waals surface area (Å²) in [7, 11) is -3.23. The number of benzene rings is 1. The number of hydrogen-bond donors (Lipinski definition) is 0. The number of hydrogen-bond acceptors (Lipinski definition) is 6. The number of rotatable bonds is 5. The van der Waals surface area contributed by atoms with Gasteiger partial charge >= 0.3 is 0 Å². The average molecular weight is 399 g/mol.